The lowest BCUT2D eigenvalue weighted by molar-refractivity contribution is -0.115. The first-order valence-corrected chi connectivity index (χ1v) is 11.6. The summed E-state index contributed by atoms with van der Waals surface area (Å²) in [6.45, 7) is 0.416. The van der Waals surface area contributed by atoms with E-state index in [1.165, 1.54) is 17.1 Å². The van der Waals surface area contributed by atoms with Crippen LogP contribution in [-0.2, 0) is 11.4 Å². The van der Waals surface area contributed by atoms with Gasteiger partial charge in [0, 0.05) is 0 Å². The number of amidine groups is 1. The van der Waals surface area contributed by atoms with Gasteiger partial charge >= 0.3 is 0 Å². The number of carbonyl (C=O) groups excluding carboxylic acids is 1. The third-order valence-electron chi connectivity index (χ3n) is 5.15. The maximum absolute atomic E-state index is 12.4. The number of ether oxygens (including phenoxy) is 1. The fraction of sp³-hybridized carbons (Fsp3) is 0.0370. The van der Waals surface area contributed by atoms with E-state index in [1.54, 1.807) is 12.1 Å². The number of rotatable bonds is 5. The van der Waals surface area contributed by atoms with E-state index >= 15 is 0 Å². The molecule has 33 heavy (non-hydrogen) atoms. The van der Waals surface area contributed by atoms with Crippen molar-refractivity contribution < 1.29 is 9.53 Å². The maximum Gasteiger partial charge on any atom is 0.264 e. The van der Waals surface area contributed by atoms with E-state index in [2.05, 4.69) is 34.6 Å². The molecule has 5 rings (SSSR count). The molecule has 4 aromatic rings. The summed E-state index contributed by atoms with van der Waals surface area (Å²) in [6, 6.07) is 29.4. The molecule has 6 heteroatoms. The molecular weight excluding hydrogens is 452 g/mol. The Balaban J connectivity index is 1.30. The van der Waals surface area contributed by atoms with Crippen molar-refractivity contribution in [1.82, 2.24) is 5.32 Å². The fourth-order valence-corrected chi connectivity index (χ4v) is 4.63. The van der Waals surface area contributed by atoms with E-state index in [9.17, 15) is 4.79 Å². The molecule has 1 heterocycles. The molecule has 0 aliphatic carbocycles. The third-order valence-corrected chi connectivity index (χ3v) is 6.36. The Kier molecular flexibility index (Phi) is 6.15. The van der Waals surface area contributed by atoms with Gasteiger partial charge in [-0.2, -0.15) is 0 Å². The molecule has 4 aromatic carbocycles. The van der Waals surface area contributed by atoms with Crippen molar-refractivity contribution in [2.24, 2.45) is 4.99 Å². The lowest BCUT2D eigenvalue weighted by atomic mass is 10.1. The first-order valence-electron chi connectivity index (χ1n) is 10.4. The smallest absolute Gasteiger partial charge is 0.264 e. The monoisotopic (exact) mass is 470 g/mol. The van der Waals surface area contributed by atoms with Gasteiger partial charge < -0.3 is 10.1 Å². The maximum atomic E-state index is 12.4. The topological polar surface area (TPSA) is 50.7 Å². The van der Waals surface area contributed by atoms with Crippen molar-refractivity contribution in [1.29, 1.82) is 0 Å². The Morgan fingerprint density at radius 2 is 1.73 bits per heavy atom. The molecule has 0 atom stereocenters. The van der Waals surface area contributed by atoms with Gasteiger partial charge in [0.2, 0.25) is 0 Å². The lowest BCUT2D eigenvalue weighted by Gasteiger charge is -2.11. The summed E-state index contributed by atoms with van der Waals surface area (Å²) < 4.78 is 6.00. The minimum Gasteiger partial charge on any atom is -0.487 e. The van der Waals surface area contributed by atoms with Crippen LogP contribution in [0.25, 0.3) is 16.8 Å². The molecule has 1 fully saturated rings. The van der Waals surface area contributed by atoms with Crippen LogP contribution in [0.15, 0.2) is 101 Å². The highest BCUT2D eigenvalue weighted by Gasteiger charge is 2.23. The number of nitrogens with zero attached hydrogens (tertiary/aromatic N) is 1. The number of para-hydroxylation sites is 1. The van der Waals surface area contributed by atoms with Gasteiger partial charge in [0.15, 0.2) is 5.17 Å². The van der Waals surface area contributed by atoms with Crippen LogP contribution in [-0.4, -0.2) is 11.1 Å². The number of benzene rings is 4. The average molecular weight is 471 g/mol. The highest BCUT2D eigenvalue weighted by molar-refractivity contribution is 8.18. The van der Waals surface area contributed by atoms with Crippen molar-refractivity contribution in [3.63, 3.8) is 0 Å². The second kappa shape index (κ2) is 9.53. The van der Waals surface area contributed by atoms with E-state index in [1.807, 2.05) is 60.7 Å². The number of thioether (sulfide) groups is 1. The van der Waals surface area contributed by atoms with Crippen molar-refractivity contribution in [2.45, 2.75) is 6.61 Å². The van der Waals surface area contributed by atoms with Crippen LogP contribution in [0.2, 0.25) is 5.02 Å². The minimum absolute atomic E-state index is 0.179. The first-order chi connectivity index (χ1) is 16.2. The zero-order valence-electron chi connectivity index (χ0n) is 17.5. The zero-order chi connectivity index (χ0) is 22.6. The number of amides is 1. The van der Waals surface area contributed by atoms with Gasteiger partial charge in [-0.05, 0) is 64.0 Å². The van der Waals surface area contributed by atoms with Gasteiger partial charge in [0.1, 0.15) is 12.4 Å². The molecule has 1 aliphatic heterocycles. The average Bonchev–Trinajstić information content (AvgIpc) is 3.17. The van der Waals surface area contributed by atoms with Gasteiger partial charge in [0.25, 0.3) is 5.91 Å². The first kappa shape index (κ1) is 21.3. The van der Waals surface area contributed by atoms with E-state index in [0.717, 1.165) is 22.2 Å². The summed E-state index contributed by atoms with van der Waals surface area (Å²) in [5.74, 6) is 0.420. The summed E-state index contributed by atoms with van der Waals surface area (Å²) in [5.41, 5.74) is 2.70. The number of fused-ring (bicyclic) bond motifs is 1. The molecule has 4 nitrogen and oxygen atoms in total. The Hall–Kier alpha value is -3.54. The molecular formula is C27H19ClN2O2S. The SMILES string of the molecule is O=C1NC(=Nc2ccccc2)S/C1=C\c1ccc(OCc2cccc3ccccc23)c(Cl)c1. The number of hydrogen-bond donors (Lipinski definition) is 1. The van der Waals surface area contributed by atoms with Gasteiger partial charge in [-0.15, -0.1) is 0 Å². The summed E-state index contributed by atoms with van der Waals surface area (Å²) in [7, 11) is 0. The summed E-state index contributed by atoms with van der Waals surface area (Å²) >= 11 is 7.79. The molecule has 0 bridgehead atoms. The van der Waals surface area contributed by atoms with Crippen LogP contribution in [0, 0.1) is 0 Å². The van der Waals surface area contributed by atoms with Crippen molar-refractivity contribution in [3.05, 3.63) is 112 Å². The number of halogens is 1. The molecule has 0 unspecified atom stereocenters. The highest BCUT2D eigenvalue weighted by atomic mass is 35.5. The Labute approximate surface area is 201 Å². The van der Waals surface area contributed by atoms with Crippen LogP contribution in [0.5, 0.6) is 5.75 Å². The summed E-state index contributed by atoms with van der Waals surface area (Å²) in [5, 5.41) is 6.18. The van der Waals surface area contributed by atoms with Crippen LogP contribution in [0.3, 0.4) is 0 Å². The van der Waals surface area contributed by atoms with Crippen molar-refractivity contribution in [2.75, 3.05) is 0 Å². The van der Waals surface area contributed by atoms with Crippen molar-refractivity contribution >= 4 is 57.0 Å². The Morgan fingerprint density at radius 1 is 0.939 bits per heavy atom. The van der Waals surface area contributed by atoms with Crippen LogP contribution < -0.4 is 10.1 Å². The second-order valence-corrected chi connectivity index (χ2v) is 8.87. The molecule has 1 aliphatic rings. The van der Waals surface area contributed by atoms with Crippen LogP contribution >= 0.6 is 23.4 Å². The fourth-order valence-electron chi connectivity index (χ4n) is 3.55. The number of hydrogen-bond acceptors (Lipinski definition) is 4. The van der Waals surface area contributed by atoms with E-state index in [-0.39, 0.29) is 5.91 Å². The zero-order valence-corrected chi connectivity index (χ0v) is 19.1. The number of carbonyl (C=O) groups is 1. The molecule has 0 aromatic heterocycles. The third kappa shape index (κ3) is 4.95. The van der Waals surface area contributed by atoms with E-state index in [0.29, 0.717) is 27.5 Å². The largest absolute Gasteiger partial charge is 0.487 e. The van der Waals surface area contributed by atoms with Crippen LogP contribution in [0.4, 0.5) is 5.69 Å². The minimum atomic E-state index is -0.179. The summed E-state index contributed by atoms with van der Waals surface area (Å²) in [4.78, 5) is 17.4. The van der Waals surface area contributed by atoms with E-state index < -0.39 is 0 Å². The molecule has 0 spiro atoms. The standard InChI is InChI=1S/C27H19ClN2O2S/c28-23-15-18(16-25-26(31)30-27(33-25)29-21-10-2-1-3-11-21)13-14-24(23)32-17-20-9-6-8-19-7-4-5-12-22(19)20/h1-16H,17H2,(H,29,30,31)/b25-16-. The van der Waals surface area contributed by atoms with Gasteiger partial charge in [0.05, 0.1) is 15.6 Å². The van der Waals surface area contributed by atoms with Gasteiger partial charge in [-0.3, -0.25) is 4.79 Å². The number of aliphatic imine (C=N–C) groups is 1. The molecule has 162 valence electrons. The summed E-state index contributed by atoms with van der Waals surface area (Å²) in [6.07, 6.45) is 1.80. The predicted octanol–water partition coefficient (Wildman–Crippen LogP) is 6.96. The normalized spacial score (nSPS) is 15.8. The van der Waals surface area contributed by atoms with Crippen molar-refractivity contribution in [3.8, 4) is 5.75 Å². The van der Waals surface area contributed by atoms with Gasteiger partial charge in [-0.25, -0.2) is 4.99 Å². The lowest BCUT2D eigenvalue weighted by Crippen LogP contribution is -2.19. The molecule has 1 amide bonds. The highest BCUT2D eigenvalue weighted by Crippen LogP contribution is 2.31. The van der Waals surface area contributed by atoms with Crippen LogP contribution in [0.1, 0.15) is 11.1 Å². The second-order valence-electron chi connectivity index (χ2n) is 7.43. The predicted molar refractivity (Wildman–Crippen MR) is 137 cm³/mol. The molecule has 0 saturated carbocycles. The van der Waals surface area contributed by atoms with E-state index in [4.69, 9.17) is 16.3 Å². The Morgan fingerprint density at radius 3 is 2.58 bits per heavy atom. The quantitative estimate of drug-likeness (QED) is 0.320. The molecule has 1 N–H and O–H groups in total. The molecule has 1 saturated heterocycles. The van der Waals surface area contributed by atoms with Gasteiger partial charge in [-0.1, -0.05) is 78.3 Å². The molecule has 0 radical (unpaired) electrons. The number of nitrogens with one attached hydrogen (secondary N) is 1. The Bertz CT molecular complexity index is 1390.